The first-order valence-electron chi connectivity index (χ1n) is 6.35. The summed E-state index contributed by atoms with van der Waals surface area (Å²) in [5, 5.41) is 0. The number of methoxy groups -OCH3 is 1. The summed E-state index contributed by atoms with van der Waals surface area (Å²) in [6, 6.07) is 6.70. The molecule has 0 saturated carbocycles. The van der Waals surface area contributed by atoms with Gasteiger partial charge in [0, 0.05) is 6.42 Å². The summed E-state index contributed by atoms with van der Waals surface area (Å²) in [5.41, 5.74) is 5.26. The molecule has 17 heavy (non-hydrogen) atoms. The average molecular weight is 232 g/mol. The summed E-state index contributed by atoms with van der Waals surface area (Å²) in [7, 11) is 1.77. The molecule has 0 bridgehead atoms. The van der Waals surface area contributed by atoms with E-state index in [9.17, 15) is 0 Å². The molecule has 0 aliphatic rings. The van der Waals surface area contributed by atoms with Crippen LogP contribution in [0.2, 0.25) is 0 Å². The predicted molar refractivity (Wildman–Crippen MR) is 75.0 cm³/mol. The highest BCUT2D eigenvalue weighted by molar-refractivity contribution is 5.69. The van der Waals surface area contributed by atoms with E-state index in [1.54, 1.807) is 7.11 Å². The fourth-order valence-electron chi connectivity index (χ4n) is 2.39. The van der Waals surface area contributed by atoms with Crippen LogP contribution in [0.25, 0.3) is 5.57 Å². The standard InChI is InChI=1S/C16H24O/c1-7-15(17-6)16(11(2)3)14-9-12(4)8-13(5)10-14/h8-11H,7H2,1-6H3/b16-15-. The third kappa shape index (κ3) is 3.36. The third-order valence-corrected chi connectivity index (χ3v) is 2.98. The van der Waals surface area contributed by atoms with Crippen LogP contribution >= 0.6 is 0 Å². The average Bonchev–Trinajstić information content (AvgIpc) is 2.23. The summed E-state index contributed by atoms with van der Waals surface area (Å²) in [6.07, 6.45) is 0.941. The van der Waals surface area contributed by atoms with Gasteiger partial charge in [-0.25, -0.2) is 0 Å². The zero-order chi connectivity index (χ0) is 13.0. The molecular weight excluding hydrogens is 208 g/mol. The van der Waals surface area contributed by atoms with Crippen molar-refractivity contribution in [2.75, 3.05) is 7.11 Å². The maximum Gasteiger partial charge on any atom is 0.0993 e. The van der Waals surface area contributed by atoms with Gasteiger partial charge in [0.25, 0.3) is 0 Å². The van der Waals surface area contributed by atoms with Gasteiger partial charge >= 0.3 is 0 Å². The largest absolute Gasteiger partial charge is 0.501 e. The van der Waals surface area contributed by atoms with E-state index in [1.807, 2.05) is 0 Å². The first-order valence-corrected chi connectivity index (χ1v) is 6.35. The van der Waals surface area contributed by atoms with Crippen LogP contribution in [0.1, 0.15) is 43.9 Å². The van der Waals surface area contributed by atoms with E-state index in [0.29, 0.717) is 5.92 Å². The van der Waals surface area contributed by atoms with E-state index in [2.05, 4.69) is 52.8 Å². The zero-order valence-corrected chi connectivity index (χ0v) is 11.9. The topological polar surface area (TPSA) is 9.23 Å². The molecule has 0 amide bonds. The van der Waals surface area contributed by atoms with E-state index in [-0.39, 0.29) is 0 Å². The molecule has 0 heterocycles. The quantitative estimate of drug-likeness (QED) is 0.682. The van der Waals surface area contributed by atoms with Gasteiger partial charge in [0.15, 0.2) is 0 Å². The number of rotatable bonds is 4. The molecule has 0 fully saturated rings. The van der Waals surface area contributed by atoms with Crippen molar-refractivity contribution in [2.24, 2.45) is 5.92 Å². The molecule has 1 rings (SSSR count). The van der Waals surface area contributed by atoms with Crippen molar-refractivity contribution in [3.8, 4) is 0 Å². The Labute approximate surface area is 106 Å². The number of hydrogen-bond acceptors (Lipinski definition) is 1. The Morgan fingerprint density at radius 3 is 2.00 bits per heavy atom. The van der Waals surface area contributed by atoms with Gasteiger partial charge in [-0.15, -0.1) is 0 Å². The van der Waals surface area contributed by atoms with Crippen molar-refractivity contribution in [3.05, 3.63) is 40.6 Å². The minimum Gasteiger partial charge on any atom is -0.501 e. The second kappa shape index (κ2) is 5.90. The van der Waals surface area contributed by atoms with E-state index >= 15 is 0 Å². The number of ether oxygens (including phenoxy) is 1. The van der Waals surface area contributed by atoms with Crippen LogP contribution < -0.4 is 0 Å². The number of allylic oxidation sites excluding steroid dienone is 2. The minimum atomic E-state index is 0.478. The molecule has 0 atom stereocenters. The fraction of sp³-hybridized carbons (Fsp3) is 0.500. The van der Waals surface area contributed by atoms with Gasteiger partial charge in [0.2, 0.25) is 0 Å². The highest BCUT2D eigenvalue weighted by Gasteiger charge is 2.13. The van der Waals surface area contributed by atoms with E-state index in [0.717, 1.165) is 12.2 Å². The Bertz CT molecular complexity index is 387. The SMILES string of the molecule is CC/C(OC)=C(/c1cc(C)cc(C)c1)C(C)C. The molecule has 0 unspecified atom stereocenters. The monoisotopic (exact) mass is 232 g/mol. The molecule has 1 heteroatoms. The first-order chi connectivity index (χ1) is 7.99. The molecule has 0 radical (unpaired) electrons. The molecule has 0 N–H and O–H groups in total. The smallest absolute Gasteiger partial charge is 0.0993 e. The van der Waals surface area contributed by atoms with Gasteiger partial charge in [-0.3, -0.25) is 0 Å². The summed E-state index contributed by atoms with van der Waals surface area (Å²) >= 11 is 0. The number of benzene rings is 1. The highest BCUT2D eigenvalue weighted by Crippen LogP contribution is 2.29. The van der Waals surface area contributed by atoms with E-state index < -0.39 is 0 Å². The van der Waals surface area contributed by atoms with E-state index in [4.69, 9.17) is 4.74 Å². The Kier molecular flexibility index (Phi) is 4.80. The van der Waals surface area contributed by atoms with Crippen molar-refractivity contribution in [1.29, 1.82) is 0 Å². The van der Waals surface area contributed by atoms with Crippen molar-refractivity contribution < 1.29 is 4.74 Å². The molecule has 0 aromatic heterocycles. The molecular formula is C16H24O. The molecule has 1 nitrogen and oxygen atoms in total. The van der Waals surface area contributed by atoms with Crippen LogP contribution in [0, 0.1) is 19.8 Å². The Balaban J connectivity index is 3.37. The normalized spacial score (nSPS) is 12.6. The first kappa shape index (κ1) is 13.8. The second-order valence-electron chi connectivity index (χ2n) is 4.93. The van der Waals surface area contributed by atoms with Crippen LogP contribution in [-0.2, 0) is 4.74 Å². The van der Waals surface area contributed by atoms with Crippen LogP contribution in [0.3, 0.4) is 0 Å². The van der Waals surface area contributed by atoms with Crippen LogP contribution in [0.5, 0.6) is 0 Å². The summed E-state index contributed by atoms with van der Waals surface area (Å²) in [5.74, 6) is 1.58. The lowest BCUT2D eigenvalue weighted by atomic mass is 9.91. The zero-order valence-electron chi connectivity index (χ0n) is 11.9. The van der Waals surface area contributed by atoms with Gasteiger partial charge < -0.3 is 4.74 Å². The second-order valence-corrected chi connectivity index (χ2v) is 4.93. The van der Waals surface area contributed by atoms with Gasteiger partial charge in [-0.05, 0) is 30.9 Å². The van der Waals surface area contributed by atoms with E-state index in [1.165, 1.54) is 22.3 Å². The van der Waals surface area contributed by atoms with Crippen LogP contribution in [0.15, 0.2) is 24.0 Å². The predicted octanol–water partition coefficient (Wildman–Crippen LogP) is 4.73. The fourth-order valence-corrected chi connectivity index (χ4v) is 2.39. The van der Waals surface area contributed by atoms with Crippen molar-refractivity contribution in [3.63, 3.8) is 0 Å². The van der Waals surface area contributed by atoms with Crippen LogP contribution in [0.4, 0.5) is 0 Å². The maximum atomic E-state index is 5.54. The van der Waals surface area contributed by atoms with Gasteiger partial charge in [-0.1, -0.05) is 50.1 Å². The molecule has 0 spiro atoms. The lowest BCUT2D eigenvalue weighted by Gasteiger charge is -2.18. The lowest BCUT2D eigenvalue weighted by molar-refractivity contribution is 0.280. The Morgan fingerprint density at radius 1 is 1.12 bits per heavy atom. The molecule has 1 aromatic rings. The van der Waals surface area contributed by atoms with Gasteiger partial charge in [-0.2, -0.15) is 0 Å². The van der Waals surface area contributed by atoms with Gasteiger partial charge in [0.05, 0.1) is 12.9 Å². The number of hydrogen-bond donors (Lipinski definition) is 0. The summed E-state index contributed by atoms with van der Waals surface area (Å²) in [4.78, 5) is 0. The summed E-state index contributed by atoms with van der Waals surface area (Å²) < 4.78 is 5.54. The number of aryl methyl sites for hydroxylation is 2. The maximum absolute atomic E-state index is 5.54. The Morgan fingerprint density at radius 2 is 1.65 bits per heavy atom. The third-order valence-electron chi connectivity index (χ3n) is 2.98. The summed E-state index contributed by atoms with van der Waals surface area (Å²) in [6.45, 7) is 10.9. The molecule has 94 valence electrons. The Hall–Kier alpha value is -1.24. The molecule has 0 aliphatic carbocycles. The van der Waals surface area contributed by atoms with Crippen LogP contribution in [-0.4, -0.2) is 7.11 Å². The lowest BCUT2D eigenvalue weighted by Crippen LogP contribution is -2.01. The van der Waals surface area contributed by atoms with Crippen molar-refractivity contribution >= 4 is 5.57 Å². The van der Waals surface area contributed by atoms with Crippen molar-refractivity contribution in [1.82, 2.24) is 0 Å². The molecule has 0 aliphatic heterocycles. The molecule has 0 saturated heterocycles. The van der Waals surface area contributed by atoms with Crippen molar-refractivity contribution in [2.45, 2.75) is 41.0 Å². The highest BCUT2D eigenvalue weighted by atomic mass is 16.5. The van der Waals surface area contributed by atoms with Gasteiger partial charge in [0.1, 0.15) is 0 Å². The molecule has 1 aromatic carbocycles. The minimum absolute atomic E-state index is 0.478.